The Morgan fingerprint density at radius 3 is 2.58 bits per heavy atom. The van der Waals surface area contributed by atoms with Crippen LogP contribution in [-0.2, 0) is 0 Å². The fourth-order valence-corrected chi connectivity index (χ4v) is 2.92. The van der Waals surface area contributed by atoms with Crippen molar-refractivity contribution in [3.05, 3.63) is 60.9 Å². The van der Waals surface area contributed by atoms with Gasteiger partial charge in [-0.2, -0.15) is 0 Å². The van der Waals surface area contributed by atoms with Gasteiger partial charge in [0.15, 0.2) is 0 Å². The first-order valence-electron chi connectivity index (χ1n) is 7.17. The lowest BCUT2D eigenvalue weighted by Crippen LogP contribution is -2.28. The number of hydrogen-bond acceptors (Lipinski definition) is 1. The lowest BCUT2D eigenvalue weighted by atomic mass is 9.72. The van der Waals surface area contributed by atoms with Gasteiger partial charge in [0.25, 0.3) is 0 Å². The Hall–Kier alpha value is -1.63. The summed E-state index contributed by atoms with van der Waals surface area (Å²) in [5.41, 5.74) is 3.67. The van der Waals surface area contributed by atoms with Crippen molar-refractivity contribution in [3.63, 3.8) is 0 Å². The maximum Gasteiger partial charge on any atom is 0.0706 e. The number of allylic oxidation sites excluding steroid dienone is 6. The summed E-state index contributed by atoms with van der Waals surface area (Å²) < 4.78 is 0. The van der Waals surface area contributed by atoms with Gasteiger partial charge in [0, 0.05) is 16.7 Å². The summed E-state index contributed by atoms with van der Waals surface area (Å²) in [7, 11) is 0. The summed E-state index contributed by atoms with van der Waals surface area (Å²) in [5.74, 6) is 0. The van der Waals surface area contributed by atoms with E-state index in [1.54, 1.807) is 0 Å². The molecule has 1 nitrogen and oxygen atoms in total. The summed E-state index contributed by atoms with van der Waals surface area (Å²) in [5, 5.41) is 0. The van der Waals surface area contributed by atoms with E-state index in [4.69, 9.17) is 4.99 Å². The molecule has 0 bridgehead atoms. The van der Waals surface area contributed by atoms with Crippen LogP contribution in [0.5, 0.6) is 0 Å². The average Bonchev–Trinajstić information content (AvgIpc) is 2.97. The summed E-state index contributed by atoms with van der Waals surface area (Å²) in [6, 6.07) is 0. The van der Waals surface area contributed by atoms with Crippen molar-refractivity contribution >= 4 is 5.71 Å². The fraction of sp³-hybridized carbons (Fsp3) is 0.389. The molecule has 0 aromatic carbocycles. The lowest BCUT2D eigenvalue weighted by molar-refractivity contribution is 0.382. The molecular formula is C18H23N. The highest BCUT2D eigenvalue weighted by molar-refractivity contribution is 6.05. The zero-order valence-corrected chi connectivity index (χ0v) is 11.9. The highest BCUT2D eigenvalue weighted by Gasteiger charge is 2.34. The monoisotopic (exact) mass is 253 g/mol. The number of unbranched alkanes of at least 4 members (excludes halogenated alkanes) is 1. The molecule has 0 fully saturated rings. The minimum atomic E-state index is 0.0888. The van der Waals surface area contributed by atoms with Crippen LogP contribution in [0.2, 0.25) is 0 Å². The first-order chi connectivity index (χ1) is 9.25. The lowest BCUT2D eigenvalue weighted by Gasteiger charge is -2.31. The summed E-state index contributed by atoms with van der Waals surface area (Å²) >= 11 is 0. The van der Waals surface area contributed by atoms with E-state index in [-0.39, 0.29) is 5.41 Å². The molecule has 0 aromatic rings. The van der Waals surface area contributed by atoms with Gasteiger partial charge in [0.1, 0.15) is 0 Å². The smallest absolute Gasteiger partial charge is 0.0706 e. The number of fused-ring (bicyclic) bond motifs is 1. The summed E-state index contributed by atoms with van der Waals surface area (Å²) in [6.07, 6.45) is 18.1. The molecule has 0 radical (unpaired) electrons. The van der Waals surface area contributed by atoms with Gasteiger partial charge < -0.3 is 0 Å². The van der Waals surface area contributed by atoms with Gasteiger partial charge in [-0.15, -0.1) is 13.2 Å². The van der Waals surface area contributed by atoms with Crippen LogP contribution in [0, 0.1) is 5.41 Å². The third-order valence-corrected chi connectivity index (χ3v) is 3.98. The zero-order valence-electron chi connectivity index (χ0n) is 11.9. The molecule has 1 heteroatoms. The Kier molecular flexibility index (Phi) is 4.36. The Balaban J connectivity index is 2.31. The van der Waals surface area contributed by atoms with Crippen molar-refractivity contribution in [1.29, 1.82) is 0 Å². The van der Waals surface area contributed by atoms with Crippen molar-refractivity contribution in [2.75, 3.05) is 0 Å². The van der Waals surface area contributed by atoms with Gasteiger partial charge in [0.05, 0.1) is 5.70 Å². The number of aliphatic imine (C=N–C) groups is 1. The number of rotatable bonds is 8. The van der Waals surface area contributed by atoms with Crippen LogP contribution in [0.15, 0.2) is 65.9 Å². The van der Waals surface area contributed by atoms with E-state index in [1.165, 1.54) is 24.1 Å². The molecule has 100 valence electrons. The van der Waals surface area contributed by atoms with E-state index in [1.807, 2.05) is 12.2 Å². The van der Waals surface area contributed by atoms with Crippen LogP contribution in [0.25, 0.3) is 0 Å². The normalized spacial score (nSPS) is 16.8. The first-order valence-corrected chi connectivity index (χ1v) is 7.17. The molecule has 0 spiro atoms. The van der Waals surface area contributed by atoms with Gasteiger partial charge in [0.2, 0.25) is 0 Å². The van der Waals surface area contributed by atoms with Crippen LogP contribution >= 0.6 is 0 Å². The van der Waals surface area contributed by atoms with Crippen LogP contribution < -0.4 is 0 Å². The maximum atomic E-state index is 4.84. The molecule has 1 heterocycles. The zero-order chi connectivity index (χ0) is 13.7. The molecule has 0 atom stereocenters. The fourth-order valence-electron chi connectivity index (χ4n) is 2.92. The van der Waals surface area contributed by atoms with E-state index >= 15 is 0 Å². The van der Waals surface area contributed by atoms with E-state index in [9.17, 15) is 0 Å². The van der Waals surface area contributed by atoms with Gasteiger partial charge in [-0.05, 0) is 31.4 Å². The molecule has 0 saturated heterocycles. The van der Waals surface area contributed by atoms with Crippen LogP contribution in [-0.4, -0.2) is 5.71 Å². The van der Waals surface area contributed by atoms with Crippen molar-refractivity contribution in [2.24, 2.45) is 10.4 Å². The molecule has 0 amide bonds. The summed E-state index contributed by atoms with van der Waals surface area (Å²) in [4.78, 5) is 4.84. The van der Waals surface area contributed by atoms with Gasteiger partial charge in [-0.25, -0.2) is 0 Å². The second-order valence-electron chi connectivity index (χ2n) is 5.38. The van der Waals surface area contributed by atoms with Crippen LogP contribution in [0.4, 0.5) is 0 Å². The third kappa shape index (κ3) is 2.70. The molecule has 0 N–H and O–H groups in total. The van der Waals surface area contributed by atoms with Gasteiger partial charge >= 0.3 is 0 Å². The Labute approximate surface area is 116 Å². The van der Waals surface area contributed by atoms with Crippen molar-refractivity contribution in [1.82, 2.24) is 0 Å². The highest BCUT2D eigenvalue weighted by Crippen LogP contribution is 2.40. The van der Waals surface area contributed by atoms with Crippen molar-refractivity contribution in [3.8, 4) is 0 Å². The largest absolute Gasteiger partial charge is 0.252 e. The summed E-state index contributed by atoms with van der Waals surface area (Å²) in [6.45, 7) is 10.1. The minimum absolute atomic E-state index is 0.0888. The minimum Gasteiger partial charge on any atom is -0.252 e. The molecule has 1 aliphatic carbocycles. The molecular weight excluding hydrogens is 230 g/mol. The third-order valence-electron chi connectivity index (χ3n) is 3.98. The second-order valence-corrected chi connectivity index (χ2v) is 5.38. The van der Waals surface area contributed by atoms with Crippen LogP contribution in [0.1, 0.15) is 39.0 Å². The van der Waals surface area contributed by atoms with E-state index in [0.717, 1.165) is 25.0 Å². The SMILES string of the molecule is C=CCC(CC=C)(CCCC)C1=NC2=CC=CC2=C1. The molecule has 19 heavy (non-hydrogen) atoms. The Bertz CT molecular complexity index is 476. The molecule has 1 aliphatic heterocycles. The first kappa shape index (κ1) is 13.8. The maximum absolute atomic E-state index is 4.84. The predicted molar refractivity (Wildman–Crippen MR) is 84.3 cm³/mol. The van der Waals surface area contributed by atoms with Gasteiger partial charge in [-0.1, -0.05) is 44.1 Å². The predicted octanol–water partition coefficient (Wildman–Crippen LogP) is 5.15. The molecule has 2 rings (SSSR count). The Morgan fingerprint density at radius 2 is 2.00 bits per heavy atom. The van der Waals surface area contributed by atoms with E-state index in [0.29, 0.717) is 0 Å². The molecule has 0 aromatic heterocycles. The highest BCUT2D eigenvalue weighted by atomic mass is 14.8. The molecule has 2 aliphatic rings. The van der Waals surface area contributed by atoms with Crippen LogP contribution in [0.3, 0.4) is 0 Å². The average molecular weight is 253 g/mol. The van der Waals surface area contributed by atoms with Gasteiger partial charge in [-0.3, -0.25) is 4.99 Å². The Morgan fingerprint density at radius 1 is 1.26 bits per heavy atom. The van der Waals surface area contributed by atoms with E-state index in [2.05, 4.69) is 44.4 Å². The molecule has 0 unspecified atom stereocenters. The standard InChI is InChI=1S/C18H23N/c1-4-7-13-18(11-5-2,12-6-3)17-14-15-9-8-10-16(15)19-17/h5-6,8-10,14H,2-4,7,11-13H2,1H3. The number of hydrogen-bond donors (Lipinski definition) is 0. The second kappa shape index (κ2) is 6.01. The molecule has 0 saturated carbocycles. The topological polar surface area (TPSA) is 12.4 Å². The van der Waals surface area contributed by atoms with E-state index < -0.39 is 0 Å². The quantitative estimate of drug-likeness (QED) is 0.530. The van der Waals surface area contributed by atoms with Crippen molar-refractivity contribution in [2.45, 2.75) is 39.0 Å². The van der Waals surface area contributed by atoms with Crippen molar-refractivity contribution < 1.29 is 0 Å². The number of nitrogens with zero attached hydrogens (tertiary/aromatic N) is 1.